The van der Waals surface area contributed by atoms with Crippen molar-refractivity contribution in [1.29, 1.82) is 0 Å². The molecule has 0 aliphatic carbocycles. The molecule has 126 valence electrons. The molecule has 4 aromatic rings. The Morgan fingerprint density at radius 2 is 1.96 bits per heavy atom. The van der Waals surface area contributed by atoms with Crippen LogP contribution >= 0.6 is 11.8 Å². The second kappa shape index (κ2) is 6.37. The average molecular weight is 349 g/mol. The number of aryl methyl sites for hydroxylation is 2. The van der Waals surface area contributed by atoms with E-state index < -0.39 is 0 Å². The Bertz CT molecular complexity index is 1050. The van der Waals surface area contributed by atoms with Crippen LogP contribution in [0.3, 0.4) is 0 Å². The molecular weight excluding hydrogens is 330 g/mol. The highest BCUT2D eigenvalue weighted by atomic mass is 32.2. The molecule has 3 heterocycles. The molecule has 0 amide bonds. The Labute approximate surface area is 150 Å². The van der Waals surface area contributed by atoms with Crippen molar-refractivity contribution < 1.29 is 0 Å². The molecule has 4 rings (SSSR count). The maximum Gasteiger partial charge on any atom is 0.191 e. The predicted molar refractivity (Wildman–Crippen MR) is 101 cm³/mol. The number of rotatable bonds is 4. The van der Waals surface area contributed by atoms with Crippen LogP contribution in [-0.4, -0.2) is 24.1 Å². The number of hydrogen-bond acceptors (Lipinski definition) is 4. The van der Waals surface area contributed by atoms with E-state index in [1.54, 1.807) is 11.8 Å². The van der Waals surface area contributed by atoms with Crippen molar-refractivity contribution in [3.8, 4) is 11.4 Å². The second-order valence-electron chi connectivity index (χ2n) is 6.18. The van der Waals surface area contributed by atoms with E-state index >= 15 is 0 Å². The highest BCUT2D eigenvalue weighted by molar-refractivity contribution is 7.98. The zero-order valence-corrected chi connectivity index (χ0v) is 15.3. The molecule has 0 aliphatic rings. The van der Waals surface area contributed by atoms with Crippen LogP contribution in [-0.2, 0) is 12.8 Å². The highest BCUT2D eigenvalue weighted by Gasteiger charge is 2.12. The van der Waals surface area contributed by atoms with Gasteiger partial charge in [0.15, 0.2) is 11.0 Å². The number of pyridine rings is 1. The van der Waals surface area contributed by atoms with Gasteiger partial charge in [-0.25, -0.2) is 4.98 Å². The molecule has 0 saturated carbocycles. The molecule has 0 fully saturated rings. The smallest absolute Gasteiger partial charge is 0.191 e. The molecule has 0 radical (unpaired) electrons. The van der Waals surface area contributed by atoms with Gasteiger partial charge in [-0.3, -0.25) is 0 Å². The third kappa shape index (κ3) is 3.05. The van der Waals surface area contributed by atoms with E-state index in [0.29, 0.717) is 0 Å². The lowest BCUT2D eigenvalue weighted by atomic mass is 10.1. The summed E-state index contributed by atoms with van der Waals surface area (Å²) in [6, 6.07) is 12.4. The average Bonchev–Trinajstić information content (AvgIpc) is 3.17. The molecule has 0 spiro atoms. The molecule has 25 heavy (non-hydrogen) atoms. The summed E-state index contributed by atoms with van der Waals surface area (Å²) in [7, 11) is 2.01. The van der Waals surface area contributed by atoms with Crippen LogP contribution in [0.2, 0.25) is 0 Å². The third-order valence-electron chi connectivity index (χ3n) is 4.19. The Kier molecular flexibility index (Phi) is 4.05. The number of nitrogens with zero attached hydrogens (tertiary/aromatic N) is 5. The standard InChI is InChI=1S/C19H19N5S/c1-13-6-4-8-15(10-13)18-21-22-19(23(18)3)25-12-16-11-24-9-5-7-14(2)17(24)20-16/h4-11H,12H2,1-3H3. The van der Waals surface area contributed by atoms with Gasteiger partial charge in [-0.05, 0) is 31.5 Å². The van der Waals surface area contributed by atoms with Crippen LogP contribution in [0.15, 0.2) is 53.9 Å². The van der Waals surface area contributed by atoms with E-state index in [1.807, 2.05) is 29.9 Å². The van der Waals surface area contributed by atoms with Crippen molar-refractivity contribution in [3.05, 3.63) is 65.6 Å². The van der Waals surface area contributed by atoms with E-state index in [9.17, 15) is 0 Å². The lowest BCUT2D eigenvalue weighted by Crippen LogP contribution is -1.95. The minimum Gasteiger partial charge on any atom is -0.307 e. The quantitative estimate of drug-likeness (QED) is 0.522. The molecular formula is C19H19N5S. The first-order valence-electron chi connectivity index (χ1n) is 8.14. The minimum atomic E-state index is 0.765. The Morgan fingerprint density at radius 3 is 2.76 bits per heavy atom. The summed E-state index contributed by atoms with van der Waals surface area (Å²) in [4.78, 5) is 4.72. The van der Waals surface area contributed by atoms with Crippen molar-refractivity contribution in [3.63, 3.8) is 0 Å². The summed E-state index contributed by atoms with van der Waals surface area (Å²) in [5.74, 6) is 1.65. The molecule has 5 nitrogen and oxygen atoms in total. The van der Waals surface area contributed by atoms with Gasteiger partial charge >= 0.3 is 0 Å². The van der Waals surface area contributed by atoms with Gasteiger partial charge < -0.3 is 8.97 Å². The van der Waals surface area contributed by atoms with Gasteiger partial charge in [0.1, 0.15) is 5.65 Å². The lowest BCUT2D eigenvalue weighted by Gasteiger charge is -2.04. The first kappa shape index (κ1) is 15.9. The van der Waals surface area contributed by atoms with Crippen LogP contribution in [0.25, 0.3) is 17.0 Å². The zero-order valence-electron chi connectivity index (χ0n) is 14.5. The van der Waals surface area contributed by atoms with E-state index in [1.165, 1.54) is 11.1 Å². The largest absolute Gasteiger partial charge is 0.307 e. The number of hydrogen-bond donors (Lipinski definition) is 0. The molecule has 0 unspecified atom stereocenters. The summed E-state index contributed by atoms with van der Waals surface area (Å²) in [6.07, 6.45) is 4.11. The summed E-state index contributed by atoms with van der Waals surface area (Å²) < 4.78 is 4.11. The van der Waals surface area contributed by atoms with Crippen LogP contribution in [0, 0.1) is 13.8 Å². The van der Waals surface area contributed by atoms with Gasteiger partial charge in [-0.2, -0.15) is 0 Å². The van der Waals surface area contributed by atoms with E-state index in [4.69, 9.17) is 4.98 Å². The van der Waals surface area contributed by atoms with Crippen molar-refractivity contribution in [2.45, 2.75) is 24.8 Å². The normalized spacial score (nSPS) is 11.3. The van der Waals surface area contributed by atoms with Crippen molar-refractivity contribution in [2.24, 2.45) is 7.05 Å². The minimum absolute atomic E-state index is 0.765. The molecule has 0 atom stereocenters. The van der Waals surface area contributed by atoms with Crippen molar-refractivity contribution in [1.82, 2.24) is 24.1 Å². The number of aromatic nitrogens is 5. The summed E-state index contributed by atoms with van der Waals surface area (Å²) in [6.45, 7) is 4.16. The SMILES string of the molecule is Cc1cccc(-c2nnc(SCc3cn4cccc(C)c4n3)n2C)c1. The van der Waals surface area contributed by atoms with E-state index in [2.05, 4.69) is 58.9 Å². The van der Waals surface area contributed by atoms with Gasteiger partial charge in [-0.15, -0.1) is 10.2 Å². The Morgan fingerprint density at radius 1 is 1.08 bits per heavy atom. The van der Waals surface area contributed by atoms with Gasteiger partial charge in [0.2, 0.25) is 0 Å². The van der Waals surface area contributed by atoms with E-state index in [-0.39, 0.29) is 0 Å². The van der Waals surface area contributed by atoms with Crippen molar-refractivity contribution >= 4 is 17.4 Å². The molecule has 0 N–H and O–H groups in total. The molecule has 0 aliphatic heterocycles. The fourth-order valence-corrected chi connectivity index (χ4v) is 3.68. The fourth-order valence-electron chi connectivity index (χ4n) is 2.89. The molecule has 3 aromatic heterocycles. The van der Waals surface area contributed by atoms with Gasteiger partial charge in [0.05, 0.1) is 5.69 Å². The van der Waals surface area contributed by atoms with Gasteiger partial charge in [0.25, 0.3) is 0 Å². The van der Waals surface area contributed by atoms with Crippen LogP contribution in [0.1, 0.15) is 16.8 Å². The van der Waals surface area contributed by atoms with Gasteiger partial charge in [0, 0.05) is 30.8 Å². The maximum absolute atomic E-state index is 4.72. The number of benzene rings is 1. The van der Waals surface area contributed by atoms with Crippen molar-refractivity contribution in [2.75, 3.05) is 0 Å². The lowest BCUT2D eigenvalue weighted by molar-refractivity contribution is 0.793. The monoisotopic (exact) mass is 349 g/mol. The Balaban J connectivity index is 1.56. The summed E-state index contributed by atoms with van der Waals surface area (Å²) >= 11 is 1.65. The third-order valence-corrected chi connectivity index (χ3v) is 5.24. The molecule has 6 heteroatoms. The molecule has 0 saturated heterocycles. The van der Waals surface area contributed by atoms with Crippen LogP contribution < -0.4 is 0 Å². The highest BCUT2D eigenvalue weighted by Crippen LogP contribution is 2.25. The van der Waals surface area contributed by atoms with E-state index in [0.717, 1.165) is 33.6 Å². The topological polar surface area (TPSA) is 48.0 Å². The summed E-state index contributed by atoms with van der Waals surface area (Å²) in [5.41, 5.74) is 5.54. The predicted octanol–water partition coefficient (Wildman–Crippen LogP) is 4.04. The Hall–Kier alpha value is -2.60. The second-order valence-corrected chi connectivity index (χ2v) is 7.12. The van der Waals surface area contributed by atoms with Gasteiger partial charge in [-0.1, -0.05) is 41.6 Å². The molecule has 0 bridgehead atoms. The number of imidazole rings is 1. The first-order valence-corrected chi connectivity index (χ1v) is 9.13. The zero-order chi connectivity index (χ0) is 17.4. The number of fused-ring (bicyclic) bond motifs is 1. The molecule has 1 aromatic carbocycles. The first-order chi connectivity index (χ1) is 12.1. The maximum atomic E-state index is 4.72. The number of thioether (sulfide) groups is 1. The summed E-state index contributed by atoms with van der Waals surface area (Å²) in [5, 5.41) is 9.61. The van der Waals surface area contributed by atoms with Crippen LogP contribution in [0.4, 0.5) is 0 Å². The van der Waals surface area contributed by atoms with Crippen LogP contribution in [0.5, 0.6) is 0 Å². The fraction of sp³-hybridized carbons (Fsp3) is 0.211.